The Morgan fingerprint density at radius 1 is 0.171 bits per heavy atom. The van der Waals surface area contributed by atoms with Gasteiger partial charge in [0.25, 0.3) is 0 Å². The Hall–Kier alpha value is -10.3. The Labute approximate surface area is 472 Å². The second-order valence-electron chi connectivity index (χ2n) is 20.4. The average molecular weight is 1100 g/mol. The average Bonchev–Trinajstić information content (AvgIpc) is 3.74. The molecule has 0 amide bonds. The van der Waals surface area contributed by atoms with E-state index in [1.165, 1.54) is 0 Å². The van der Waals surface area contributed by atoms with Crippen molar-refractivity contribution in [3.05, 3.63) is 291 Å². The van der Waals surface area contributed by atoms with Gasteiger partial charge < -0.3 is 18.3 Å². The predicted octanol–water partition coefficient (Wildman–Crippen LogP) is 17.4. The zero-order chi connectivity index (χ0) is 55.1. The first-order valence-corrected chi connectivity index (χ1v) is 30.1. The van der Waals surface area contributed by atoms with Gasteiger partial charge in [0.05, 0.1) is 86.5 Å². The van der Waals surface area contributed by atoms with Gasteiger partial charge in [-0.05, 0) is 97.1 Å². The van der Waals surface area contributed by atoms with Crippen LogP contribution in [0, 0.1) is 0 Å². The minimum atomic E-state index is -3.97. The monoisotopic (exact) mass is 1100 g/mol. The van der Waals surface area contributed by atoms with Crippen LogP contribution in [0.1, 0.15) is 0 Å². The van der Waals surface area contributed by atoms with Crippen molar-refractivity contribution >= 4 is 107 Å². The van der Waals surface area contributed by atoms with Crippen molar-refractivity contribution in [1.82, 2.24) is 18.3 Å². The summed E-state index contributed by atoms with van der Waals surface area (Å²) < 4.78 is 67.4. The summed E-state index contributed by atoms with van der Waals surface area (Å²) in [6.07, 6.45) is 0. The van der Waals surface area contributed by atoms with Crippen LogP contribution in [0.3, 0.4) is 0 Å². The second kappa shape index (κ2) is 19.2. The highest BCUT2D eigenvalue weighted by molar-refractivity contribution is 7.92. The molecule has 0 spiro atoms. The van der Waals surface area contributed by atoms with Gasteiger partial charge in [0.1, 0.15) is 0 Å². The second-order valence-corrected chi connectivity index (χ2v) is 24.1. The van der Waals surface area contributed by atoms with Gasteiger partial charge in [0.15, 0.2) is 0 Å². The van der Waals surface area contributed by atoms with Crippen molar-refractivity contribution in [2.45, 2.75) is 19.6 Å². The van der Waals surface area contributed by atoms with Crippen molar-refractivity contribution in [3.8, 4) is 22.7 Å². The Bertz CT molecular complexity index is 4590. The normalized spacial score (nSPS) is 12.1. The number of rotatable bonds is 8. The van der Waals surface area contributed by atoms with Crippen molar-refractivity contribution in [1.29, 1.82) is 0 Å². The molecule has 0 fully saturated rings. The minimum absolute atomic E-state index is 0.264. The van der Waals surface area contributed by atoms with Gasteiger partial charge in [0, 0.05) is 43.1 Å². The van der Waals surface area contributed by atoms with Crippen LogP contribution in [-0.4, -0.2) is 35.1 Å². The van der Waals surface area contributed by atoms with Crippen LogP contribution < -0.4 is 0 Å². The molecule has 8 nitrogen and oxygen atoms in total. The molecule has 392 valence electrons. The fourth-order valence-electron chi connectivity index (χ4n) is 12.4. The van der Waals surface area contributed by atoms with E-state index in [0.717, 1.165) is 87.2 Å². The van der Waals surface area contributed by atoms with Crippen molar-refractivity contribution in [2.75, 3.05) is 0 Å². The summed E-state index contributed by atoms with van der Waals surface area (Å²) in [5.41, 5.74) is 10.2. The van der Waals surface area contributed by atoms with Crippen LogP contribution in [0.15, 0.2) is 311 Å². The molecule has 0 aliphatic rings. The molecular weight excluding hydrogens is 1050 g/mol. The molecule has 16 aromatic rings. The lowest BCUT2D eigenvalue weighted by Crippen LogP contribution is -2.11. The van der Waals surface area contributed by atoms with Crippen LogP contribution in [0.2, 0.25) is 0 Å². The molecule has 0 atom stereocenters. The van der Waals surface area contributed by atoms with Gasteiger partial charge in [-0.3, -0.25) is 0 Å². The summed E-state index contributed by atoms with van der Waals surface area (Å²) in [4.78, 5) is 1.05. The molecule has 10 heteroatoms. The number of nitrogens with zero attached hydrogens (tertiary/aromatic N) is 4. The van der Waals surface area contributed by atoms with Gasteiger partial charge in [-0.15, -0.1) is 0 Å². The third kappa shape index (κ3) is 7.49. The summed E-state index contributed by atoms with van der Waals surface area (Å²) in [5.74, 6) is 0. The number of sulfone groups is 2. The molecular formula is C72H48N4O4S2. The van der Waals surface area contributed by atoms with E-state index in [2.05, 4.69) is 66.8 Å². The van der Waals surface area contributed by atoms with Crippen molar-refractivity contribution in [2.24, 2.45) is 0 Å². The first kappa shape index (κ1) is 48.8. The molecule has 0 bridgehead atoms. The van der Waals surface area contributed by atoms with Gasteiger partial charge in [-0.25, -0.2) is 16.8 Å². The molecule has 0 unspecified atom stereocenters. The first-order chi connectivity index (χ1) is 40.3. The van der Waals surface area contributed by atoms with Crippen LogP contribution in [0.25, 0.3) is 110 Å². The van der Waals surface area contributed by atoms with E-state index in [0.29, 0.717) is 22.7 Å². The molecule has 82 heavy (non-hydrogen) atoms. The lowest BCUT2D eigenvalue weighted by atomic mass is 10.2. The fourth-order valence-corrected chi connectivity index (χ4v) is 15.7. The van der Waals surface area contributed by atoms with E-state index in [4.69, 9.17) is 0 Å². The molecule has 0 aliphatic heterocycles. The highest BCUT2D eigenvalue weighted by Crippen LogP contribution is 2.42. The largest absolute Gasteiger partial charge is 0.308 e. The number of para-hydroxylation sites is 12. The number of aromatic nitrogens is 4. The third-order valence-electron chi connectivity index (χ3n) is 15.9. The van der Waals surface area contributed by atoms with E-state index in [-0.39, 0.29) is 19.6 Å². The molecule has 0 radical (unpaired) electrons. The number of benzene rings is 12. The standard InChI is InChI=1S/2C36H24N2O2S/c2*39-41(40,35-23-11-9-21-33(35)37-29-17-5-1-13-25(29)26-14-2-6-18-30(26)37)36-24-12-10-22-34(36)38-31-19-7-3-15-27(31)28-16-4-8-20-32(28)38/h2*1-24H. The fraction of sp³-hybridized carbons (Fsp3) is 0. The predicted molar refractivity (Wildman–Crippen MR) is 334 cm³/mol. The lowest BCUT2D eigenvalue weighted by molar-refractivity contribution is 0.593. The number of fused-ring (bicyclic) bond motifs is 12. The maximum absolute atomic E-state index is 14.8. The van der Waals surface area contributed by atoms with E-state index < -0.39 is 19.7 Å². The molecule has 0 saturated carbocycles. The molecule has 0 N–H and O–H groups in total. The smallest absolute Gasteiger partial charge is 0.210 e. The van der Waals surface area contributed by atoms with Gasteiger partial charge in [-0.1, -0.05) is 194 Å². The highest BCUT2D eigenvalue weighted by atomic mass is 32.2. The summed E-state index contributed by atoms with van der Waals surface area (Å²) in [7, 11) is -7.94. The summed E-state index contributed by atoms with van der Waals surface area (Å²) in [5, 5.41) is 8.67. The van der Waals surface area contributed by atoms with Crippen LogP contribution in [0.5, 0.6) is 0 Å². The Balaban J connectivity index is 0.000000140. The van der Waals surface area contributed by atoms with Gasteiger partial charge >= 0.3 is 0 Å². The molecule has 0 aliphatic carbocycles. The van der Waals surface area contributed by atoms with Crippen LogP contribution in [-0.2, 0) is 19.7 Å². The lowest BCUT2D eigenvalue weighted by Gasteiger charge is -2.17. The first-order valence-electron chi connectivity index (χ1n) is 27.1. The van der Waals surface area contributed by atoms with E-state index in [1.807, 2.05) is 194 Å². The van der Waals surface area contributed by atoms with Crippen LogP contribution >= 0.6 is 0 Å². The number of hydrogen-bond acceptors (Lipinski definition) is 4. The molecule has 12 aromatic carbocycles. The summed E-state index contributed by atoms with van der Waals surface area (Å²) in [6, 6.07) is 94.4. The minimum Gasteiger partial charge on any atom is -0.308 e. The summed E-state index contributed by atoms with van der Waals surface area (Å²) in [6.45, 7) is 0. The third-order valence-corrected chi connectivity index (χ3v) is 19.6. The van der Waals surface area contributed by atoms with Crippen molar-refractivity contribution < 1.29 is 16.8 Å². The molecule has 4 heterocycles. The maximum atomic E-state index is 14.8. The Morgan fingerprint density at radius 3 is 0.476 bits per heavy atom. The molecule has 16 rings (SSSR count). The van der Waals surface area contributed by atoms with Gasteiger partial charge in [0.2, 0.25) is 19.7 Å². The van der Waals surface area contributed by atoms with E-state index in [9.17, 15) is 16.8 Å². The highest BCUT2D eigenvalue weighted by Gasteiger charge is 2.30. The van der Waals surface area contributed by atoms with Gasteiger partial charge in [-0.2, -0.15) is 0 Å². The quantitative estimate of drug-likeness (QED) is 0.152. The van der Waals surface area contributed by atoms with Crippen LogP contribution in [0.4, 0.5) is 0 Å². The Morgan fingerprint density at radius 2 is 0.305 bits per heavy atom. The van der Waals surface area contributed by atoms with E-state index >= 15 is 0 Å². The van der Waals surface area contributed by atoms with E-state index in [1.54, 1.807) is 48.5 Å². The zero-order valence-corrected chi connectivity index (χ0v) is 45.6. The zero-order valence-electron chi connectivity index (χ0n) is 44.0. The Kier molecular flexibility index (Phi) is 11.5. The molecule has 0 saturated heterocycles. The SMILES string of the molecule is O=S(=O)(c1ccccc1-n1c2ccccc2c2ccccc21)c1ccccc1-n1c2ccccc2c2ccccc21.O=S(=O)(c1ccccc1-n1c2ccccc2c2ccccc21)c1ccccc1-n1c2ccccc2c2ccccc21. The molecule has 4 aromatic heterocycles. The number of hydrogen-bond donors (Lipinski definition) is 0. The van der Waals surface area contributed by atoms with Crippen molar-refractivity contribution in [3.63, 3.8) is 0 Å². The topological polar surface area (TPSA) is 88.0 Å². The maximum Gasteiger partial charge on any atom is 0.210 e. The summed E-state index contributed by atoms with van der Waals surface area (Å²) >= 11 is 0.